The van der Waals surface area contributed by atoms with Gasteiger partial charge in [-0.3, -0.25) is 14.3 Å². The monoisotopic (exact) mass is 302 g/mol. The fourth-order valence-corrected chi connectivity index (χ4v) is 2.03. The molecule has 1 saturated heterocycles. The van der Waals surface area contributed by atoms with Gasteiger partial charge in [-0.1, -0.05) is 0 Å². The van der Waals surface area contributed by atoms with Crippen LogP contribution in [0.4, 0.5) is 4.79 Å². The highest BCUT2D eigenvalue weighted by Crippen LogP contribution is 2.30. The van der Waals surface area contributed by atoms with Gasteiger partial charge in [0.15, 0.2) is 12.3 Å². The van der Waals surface area contributed by atoms with E-state index >= 15 is 0 Å². The molecular formula is C11H14N2O8. The largest absolute Gasteiger partial charge is 0.508 e. The number of H-pyrrole nitrogens is 1. The zero-order valence-electron chi connectivity index (χ0n) is 11.0. The third-order valence-electron chi connectivity index (χ3n) is 3.01. The molecule has 0 saturated carbocycles. The molecule has 0 bridgehead atoms. The van der Waals surface area contributed by atoms with E-state index in [4.69, 9.17) is 9.47 Å². The molecule has 21 heavy (non-hydrogen) atoms. The molecule has 2 rings (SSSR count). The van der Waals surface area contributed by atoms with Crippen molar-refractivity contribution in [2.24, 2.45) is 0 Å². The summed E-state index contributed by atoms with van der Waals surface area (Å²) in [6.45, 7) is -0.548. The van der Waals surface area contributed by atoms with E-state index in [2.05, 4.69) is 4.74 Å². The SMILES string of the molecule is COC(=O)O[C@H]1[C@@H](O)[C@H](n2ccc(=O)[nH]c2=O)O[C@@H]1CO. The summed E-state index contributed by atoms with van der Waals surface area (Å²) in [5, 5.41) is 19.3. The molecular weight excluding hydrogens is 288 g/mol. The molecule has 1 aromatic heterocycles. The summed E-state index contributed by atoms with van der Waals surface area (Å²) in [7, 11) is 1.09. The predicted octanol–water partition coefficient (Wildman–Crippen LogP) is -2.06. The van der Waals surface area contributed by atoms with Crippen molar-refractivity contribution in [1.29, 1.82) is 0 Å². The molecule has 0 amide bonds. The standard InChI is InChI=1S/C11H14N2O8/c1-19-11(18)21-8-5(4-14)20-9(7(8)16)13-3-2-6(15)12-10(13)17/h2-3,5,7-9,14,16H,4H2,1H3,(H,12,15,17)/t5-,7-,8-,9-/m1/s1. The fraction of sp³-hybridized carbons (Fsp3) is 0.545. The van der Waals surface area contributed by atoms with Crippen LogP contribution in [0.1, 0.15) is 6.23 Å². The molecule has 1 aliphatic heterocycles. The number of hydrogen-bond donors (Lipinski definition) is 3. The summed E-state index contributed by atoms with van der Waals surface area (Å²) in [6.07, 6.45) is -4.83. The Bertz CT molecular complexity index is 623. The molecule has 2 heterocycles. The minimum atomic E-state index is -1.43. The van der Waals surface area contributed by atoms with Crippen molar-refractivity contribution >= 4 is 6.16 Å². The Morgan fingerprint density at radius 2 is 2.24 bits per heavy atom. The first-order chi connectivity index (χ1) is 9.97. The topological polar surface area (TPSA) is 140 Å². The van der Waals surface area contributed by atoms with Crippen molar-refractivity contribution in [2.75, 3.05) is 13.7 Å². The maximum absolute atomic E-state index is 11.7. The smallest absolute Gasteiger partial charge is 0.438 e. The van der Waals surface area contributed by atoms with Crippen molar-refractivity contribution in [3.63, 3.8) is 0 Å². The summed E-state index contributed by atoms with van der Waals surface area (Å²) in [5.41, 5.74) is -1.41. The van der Waals surface area contributed by atoms with E-state index in [-0.39, 0.29) is 0 Å². The summed E-state index contributed by atoms with van der Waals surface area (Å²) in [5.74, 6) is 0. The lowest BCUT2D eigenvalue weighted by molar-refractivity contribution is -0.0576. The van der Waals surface area contributed by atoms with Crippen molar-refractivity contribution in [2.45, 2.75) is 24.5 Å². The van der Waals surface area contributed by atoms with E-state index in [0.29, 0.717) is 0 Å². The Morgan fingerprint density at radius 3 is 2.81 bits per heavy atom. The lowest BCUT2D eigenvalue weighted by Crippen LogP contribution is -2.40. The minimum absolute atomic E-state index is 0.548. The lowest BCUT2D eigenvalue weighted by Gasteiger charge is -2.19. The molecule has 3 N–H and O–H groups in total. The molecule has 0 radical (unpaired) electrons. The van der Waals surface area contributed by atoms with Gasteiger partial charge in [0.25, 0.3) is 5.56 Å². The number of aliphatic hydroxyl groups excluding tert-OH is 2. The Hall–Kier alpha value is -2.17. The minimum Gasteiger partial charge on any atom is -0.438 e. The van der Waals surface area contributed by atoms with Gasteiger partial charge in [-0.15, -0.1) is 0 Å². The van der Waals surface area contributed by atoms with E-state index in [1.165, 1.54) is 0 Å². The van der Waals surface area contributed by atoms with Crippen molar-refractivity contribution in [3.05, 3.63) is 33.1 Å². The zero-order chi connectivity index (χ0) is 15.6. The molecule has 10 nitrogen and oxygen atoms in total. The summed E-state index contributed by atoms with van der Waals surface area (Å²) >= 11 is 0. The van der Waals surface area contributed by atoms with Gasteiger partial charge >= 0.3 is 11.8 Å². The van der Waals surface area contributed by atoms with Crippen LogP contribution in [0.25, 0.3) is 0 Å². The molecule has 0 aliphatic carbocycles. The number of aromatic nitrogens is 2. The van der Waals surface area contributed by atoms with Gasteiger partial charge in [-0.25, -0.2) is 9.59 Å². The maximum Gasteiger partial charge on any atom is 0.508 e. The molecule has 1 aromatic rings. The molecule has 1 fully saturated rings. The third-order valence-corrected chi connectivity index (χ3v) is 3.01. The second-order valence-electron chi connectivity index (χ2n) is 4.29. The maximum atomic E-state index is 11.7. The summed E-state index contributed by atoms with van der Waals surface area (Å²) in [6, 6.07) is 1.07. The van der Waals surface area contributed by atoms with Crippen LogP contribution in [0.2, 0.25) is 0 Å². The third kappa shape index (κ3) is 2.96. The fourth-order valence-electron chi connectivity index (χ4n) is 2.03. The number of rotatable bonds is 3. The van der Waals surface area contributed by atoms with Gasteiger partial charge < -0.3 is 24.4 Å². The molecule has 4 atom stereocenters. The molecule has 10 heteroatoms. The van der Waals surface area contributed by atoms with Gasteiger partial charge in [0, 0.05) is 12.3 Å². The van der Waals surface area contributed by atoms with Crippen LogP contribution in [0.5, 0.6) is 0 Å². The predicted molar refractivity (Wildman–Crippen MR) is 65.6 cm³/mol. The first-order valence-corrected chi connectivity index (χ1v) is 5.98. The molecule has 0 unspecified atom stereocenters. The summed E-state index contributed by atoms with van der Waals surface area (Å²) < 4.78 is 15.3. The van der Waals surface area contributed by atoms with E-state index in [1.54, 1.807) is 0 Å². The van der Waals surface area contributed by atoms with E-state index in [1.807, 2.05) is 4.98 Å². The molecule has 0 spiro atoms. The number of carbonyl (C=O) groups is 1. The number of ether oxygens (including phenoxy) is 3. The van der Waals surface area contributed by atoms with Crippen molar-refractivity contribution in [1.82, 2.24) is 9.55 Å². The number of methoxy groups -OCH3 is 1. The van der Waals surface area contributed by atoms with Crippen LogP contribution >= 0.6 is 0 Å². The highest BCUT2D eigenvalue weighted by Gasteiger charge is 2.47. The van der Waals surface area contributed by atoms with Crippen LogP contribution in [-0.4, -0.2) is 57.9 Å². The molecule has 116 valence electrons. The first kappa shape index (κ1) is 15.2. The van der Waals surface area contributed by atoms with Gasteiger partial charge in [-0.2, -0.15) is 0 Å². The van der Waals surface area contributed by atoms with E-state index < -0.39 is 48.6 Å². The number of aromatic amines is 1. The zero-order valence-corrected chi connectivity index (χ0v) is 11.0. The second kappa shape index (κ2) is 6.08. The molecule has 1 aliphatic rings. The van der Waals surface area contributed by atoms with E-state index in [9.17, 15) is 24.6 Å². The first-order valence-electron chi connectivity index (χ1n) is 5.98. The Labute approximate surface area is 117 Å². The Balaban J connectivity index is 2.28. The van der Waals surface area contributed by atoms with Crippen LogP contribution < -0.4 is 11.2 Å². The van der Waals surface area contributed by atoms with Crippen LogP contribution in [0.3, 0.4) is 0 Å². The average molecular weight is 302 g/mol. The number of aliphatic hydroxyl groups is 2. The summed E-state index contributed by atoms with van der Waals surface area (Å²) in [4.78, 5) is 35.8. The van der Waals surface area contributed by atoms with Crippen LogP contribution in [-0.2, 0) is 14.2 Å². The van der Waals surface area contributed by atoms with Gasteiger partial charge in [0.1, 0.15) is 12.2 Å². The highest BCUT2D eigenvalue weighted by atomic mass is 16.7. The van der Waals surface area contributed by atoms with Gasteiger partial charge in [0.05, 0.1) is 13.7 Å². The Kier molecular flexibility index (Phi) is 4.40. The molecule has 0 aromatic carbocycles. The normalized spacial score (nSPS) is 28.3. The average Bonchev–Trinajstić information content (AvgIpc) is 2.76. The quantitative estimate of drug-likeness (QED) is 0.541. The van der Waals surface area contributed by atoms with Gasteiger partial charge in [-0.05, 0) is 0 Å². The number of hydrogen-bond acceptors (Lipinski definition) is 8. The number of nitrogens with zero attached hydrogens (tertiary/aromatic N) is 1. The number of carbonyl (C=O) groups excluding carboxylic acids is 1. The highest BCUT2D eigenvalue weighted by molar-refractivity contribution is 5.60. The second-order valence-corrected chi connectivity index (χ2v) is 4.29. The lowest BCUT2D eigenvalue weighted by atomic mass is 10.1. The van der Waals surface area contributed by atoms with Crippen LogP contribution in [0.15, 0.2) is 21.9 Å². The van der Waals surface area contributed by atoms with Crippen LogP contribution in [0, 0.1) is 0 Å². The number of nitrogens with one attached hydrogen (secondary N) is 1. The van der Waals surface area contributed by atoms with Crippen molar-refractivity contribution in [3.8, 4) is 0 Å². The van der Waals surface area contributed by atoms with Crippen molar-refractivity contribution < 1.29 is 29.2 Å². The van der Waals surface area contributed by atoms with E-state index in [0.717, 1.165) is 23.9 Å². The Morgan fingerprint density at radius 1 is 1.52 bits per heavy atom. The van der Waals surface area contributed by atoms with Gasteiger partial charge in [0.2, 0.25) is 0 Å².